The maximum Gasteiger partial charge on any atom is 0.234 e. The van der Waals surface area contributed by atoms with Crippen LogP contribution in [0.3, 0.4) is 0 Å². The zero-order chi connectivity index (χ0) is 19.4. The van der Waals surface area contributed by atoms with Crippen molar-refractivity contribution in [1.82, 2.24) is 4.90 Å². The molecule has 0 radical (unpaired) electrons. The third kappa shape index (κ3) is 4.00. The van der Waals surface area contributed by atoms with Crippen LogP contribution in [0.25, 0.3) is 0 Å². The largest absolute Gasteiger partial charge is 0.493 e. The first-order valence-corrected chi connectivity index (χ1v) is 9.94. The lowest BCUT2D eigenvalue weighted by atomic mass is 10.1. The van der Waals surface area contributed by atoms with E-state index in [9.17, 15) is 4.79 Å². The van der Waals surface area contributed by atoms with Crippen LogP contribution in [-0.2, 0) is 17.8 Å². The van der Waals surface area contributed by atoms with E-state index in [4.69, 9.17) is 14.2 Å². The second kappa shape index (κ2) is 8.57. The van der Waals surface area contributed by atoms with E-state index in [0.29, 0.717) is 29.5 Å². The average molecular weight is 388 g/mol. The molecule has 2 aromatic rings. The summed E-state index contributed by atoms with van der Waals surface area (Å²) in [6.07, 6.45) is 1.01. The van der Waals surface area contributed by atoms with E-state index in [1.165, 1.54) is 5.56 Å². The van der Waals surface area contributed by atoms with Crippen molar-refractivity contribution >= 4 is 17.7 Å². The second-order valence-electron chi connectivity index (χ2n) is 6.31. The zero-order valence-corrected chi connectivity index (χ0v) is 17.0. The number of methoxy groups -OCH3 is 3. The van der Waals surface area contributed by atoms with Gasteiger partial charge in [-0.05, 0) is 35.2 Å². The van der Waals surface area contributed by atoms with Gasteiger partial charge in [-0.15, -0.1) is 11.8 Å². The molecule has 0 saturated carbocycles. The van der Waals surface area contributed by atoms with Crippen LogP contribution in [0.15, 0.2) is 36.4 Å². The Morgan fingerprint density at radius 1 is 1.00 bits per heavy atom. The van der Waals surface area contributed by atoms with Gasteiger partial charge < -0.3 is 19.1 Å². The molecule has 1 saturated heterocycles. The molecular weight excluding hydrogens is 362 g/mol. The summed E-state index contributed by atoms with van der Waals surface area (Å²) in [6, 6.07) is 12.3. The Balaban J connectivity index is 1.89. The summed E-state index contributed by atoms with van der Waals surface area (Å²) in [6.45, 7) is 2.63. The third-order valence-electron chi connectivity index (χ3n) is 4.72. The maximum atomic E-state index is 12.5. The monoisotopic (exact) mass is 387 g/mol. The van der Waals surface area contributed by atoms with Crippen LogP contribution in [0.4, 0.5) is 0 Å². The Bertz CT molecular complexity index is 781. The minimum absolute atomic E-state index is 0.0162. The van der Waals surface area contributed by atoms with E-state index in [-0.39, 0.29) is 11.3 Å². The van der Waals surface area contributed by atoms with Gasteiger partial charge >= 0.3 is 0 Å². The first-order valence-electron chi connectivity index (χ1n) is 8.90. The minimum Gasteiger partial charge on any atom is -0.493 e. The van der Waals surface area contributed by atoms with E-state index in [0.717, 1.165) is 17.5 Å². The lowest BCUT2D eigenvalue weighted by molar-refractivity contribution is -0.128. The number of hydrogen-bond acceptors (Lipinski definition) is 5. The maximum absolute atomic E-state index is 12.5. The van der Waals surface area contributed by atoms with Gasteiger partial charge in [-0.1, -0.05) is 31.2 Å². The number of ether oxygens (including phenoxy) is 3. The molecule has 27 heavy (non-hydrogen) atoms. The number of hydrogen-bond donors (Lipinski definition) is 0. The van der Waals surface area contributed by atoms with E-state index < -0.39 is 0 Å². The van der Waals surface area contributed by atoms with Crippen molar-refractivity contribution in [1.29, 1.82) is 0 Å². The smallest absolute Gasteiger partial charge is 0.234 e. The molecule has 0 bridgehead atoms. The molecule has 2 aromatic carbocycles. The van der Waals surface area contributed by atoms with Crippen molar-refractivity contribution in [3.05, 3.63) is 53.1 Å². The summed E-state index contributed by atoms with van der Waals surface area (Å²) in [5, 5.41) is 0.0162. The van der Waals surface area contributed by atoms with Gasteiger partial charge in [0.15, 0.2) is 11.5 Å². The van der Waals surface area contributed by atoms with Crippen molar-refractivity contribution in [2.24, 2.45) is 0 Å². The molecule has 1 aliphatic rings. The molecule has 1 amide bonds. The molecule has 0 N–H and O–H groups in total. The van der Waals surface area contributed by atoms with Crippen molar-refractivity contribution in [2.75, 3.05) is 27.1 Å². The van der Waals surface area contributed by atoms with Gasteiger partial charge in [0.05, 0.1) is 27.1 Å². The summed E-state index contributed by atoms with van der Waals surface area (Å²) in [7, 11) is 4.77. The van der Waals surface area contributed by atoms with Gasteiger partial charge in [0, 0.05) is 6.54 Å². The molecule has 144 valence electrons. The fraction of sp³-hybridized carbons (Fsp3) is 0.381. The number of rotatable bonds is 7. The highest BCUT2D eigenvalue weighted by atomic mass is 32.2. The number of thioether (sulfide) groups is 1. The number of benzene rings is 2. The highest BCUT2D eigenvalue weighted by molar-refractivity contribution is 8.00. The van der Waals surface area contributed by atoms with Gasteiger partial charge in [-0.25, -0.2) is 0 Å². The molecule has 0 aliphatic carbocycles. The van der Waals surface area contributed by atoms with Gasteiger partial charge in [-0.2, -0.15) is 0 Å². The predicted octanol–water partition coefficient (Wildman–Crippen LogP) is 4.05. The molecule has 1 aliphatic heterocycles. The van der Waals surface area contributed by atoms with Gasteiger partial charge in [-0.3, -0.25) is 4.79 Å². The minimum atomic E-state index is 0.0162. The molecule has 1 fully saturated rings. The van der Waals surface area contributed by atoms with E-state index >= 15 is 0 Å². The molecule has 1 heterocycles. The highest BCUT2D eigenvalue weighted by Crippen LogP contribution is 2.42. The highest BCUT2D eigenvalue weighted by Gasteiger charge is 2.33. The number of carbonyl (C=O) groups excluding carboxylic acids is 1. The fourth-order valence-corrected chi connectivity index (χ4v) is 4.43. The van der Waals surface area contributed by atoms with Crippen LogP contribution in [0.5, 0.6) is 17.2 Å². The molecule has 1 atom stereocenters. The van der Waals surface area contributed by atoms with Crippen LogP contribution in [0.1, 0.15) is 29.0 Å². The van der Waals surface area contributed by atoms with E-state index in [2.05, 4.69) is 31.2 Å². The zero-order valence-electron chi connectivity index (χ0n) is 16.2. The Morgan fingerprint density at radius 2 is 1.63 bits per heavy atom. The quantitative estimate of drug-likeness (QED) is 0.717. The molecule has 0 spiro atoms. The summed E-state index contributed by atoms with van der Waals surface area (Å²) in [5.74, 6) is 2.37. The van der Waals surface area contributed by atoms with Crippen molar-refractivity contribution in [2.45, 2.75) is 25.3 Å². The van der Waals surface area contributed by atoms with Gasteiger partial charge in [0.2, 0.25) is 11.7 Å². The number of aryl methyl sites for hydroxylation is 1. The van der Waals surface area contributed by atoms with E-state index in [1.54, 1.807) is 33.1 Å². The van der Waals surface area contributed by atoms with Crippen LogP contribution in [-0.4, -0.2) is 37.9 Å². The fourth-order valence-electron chi connectivity index (χ4n) is 3.24. The molecular formula is C21H25NO4S. The molecule has 5 nitrogen and oxygen atoms in total. The van der Waals surface area contributed by atoms with E-state index in [1.807, 2.05) is 17.0 Å². The lowest BCUT2D eigenvalue weighted by Crippen LogP contribution is -2.27. The topological polar surface area (TPSA) is 48.0 Å². The van der Waals surface area contributed by atoms with Crippen LogP contribution in [0.2, 0.25) is 0 Å². The molecule has 1 unspecified atom stereocenters. The van der Waals surface area contributed by atoms with Crippen LogP contribution < -0.4 is 14.2 Å². The second-order valence-corrected chi connectivity index (χ2v) is 7.38. The Kier molecular flexibility index (Phi) is 6.16. The van der Waals surface area contributed by atoms with Crippen molar-refractivity contribution in [3.8, 4) is 17.2 Å². The summed E-state index contributed by atoms with van der Waals surface area (Å²) in [4.78, 5) is 14.4. The number of amides is 1. The van der Waals surface area contributed by atoms with Crippen molar-refractivity contribution < 1.29 is 19.0 Å². The number of nitrogens with zero attached hydrogens (tertiary/aromatic N) is 1. The normalized spacial score (nSPS) is 16.5. The first kappa shape index (κ1) is 19.4. The number of carbonyl (C=O) groups is 1. The van der Waals surface area contributed by atoms with Crippen molar-refractivity contribution in [3.63, 3.8) is 0 Å². The Labute approximate surface area is 164 Å². The average Bonchev–Trinajstić information content (AvgIpc) is 3.07. The standard InChI is InChI=1S/C21H25NO4S/c1-5-14-6-8-16(9-7-14)21-22(19(23)13-27-21)12-15-10-17(24-2)20(26-4)18(11-15)25-3/h6-11,21H,5,12-13H2,1-4H3. The summed E-state index contributed by atoms with van der Waals surface area (Å²) < 4.78 is 16.3. The third-order valence-corrected chi connectivity index (χ3v) is 5.97. The molecule has 0 aromatic heterocycles. The van der Waals surface area contributed by atoms with Crippen LogP contribution >= 0.6 is 11.8 Å². The van der Waals surface area contributed by atoms with Crippen LogP contribution in [0, 0.1) is 0 Å². The lowest BCUT2D eigenvalue weighted by Gasteiger charge is -2.25. The summed E-state index contributed by atoms with van der Waals surface area (Å²) in [5.41, 5.74) is 3.38. The molecule has 6 heteroatoms. The Hall–Kier alpha value is -2.34. The molecule has 3 rings (SSSR count). The predicted molar refractivity (Wildman–Crippen MR) is 108 cm³/mol. The SMILES string of the molecule is CCc1ccc(C2SCC(=O)N2Cc2cc(OC)c(OC)c(OC)c2)cc1. The first-order chi connectivity index (χ1) is 13.1. The van der Waals surface area contributed by atoms with Gasteiger partial charge in [0.1, 0.15) is 5.37 Å². The van der Waals surface area contributed by atoms with Gasteiger partial charge in [0.25, 0.3) is 0 Å². The Morgan fingerprint density at radius 3 is 2.15 bits per heavy atom. The summed E-state index contributed by atoms with van der Waals surface area (Å²) >= 11 is 1.66.